The molecule has 1 aromatic carbocycles. The summed E-state index contributed by atoms with van der Waals surface area (Å²) in [5, 5.41) is 3.15. The minimum absolute atomic E-state index is 0.0902. The monoisotopic (exact) mass is 297 g/mol. The van der Waals surface area contributed by atoms with Crippen LogP contribution in [0.25, 0.3) is 0 Å². The van der Waals surface area contributed by atoms with Gasteiger partial charge in [0.15, 0.2) is 0 Å². The maximum absolute atomic E-state index is 12.3. The number of imidazole rings is 1. The van der Waals surface area contributed by atoms with Gasteiger partial charge in [0.25, 0.3) is 0 Å². The van der Waals surface area contributed by atoms with Crippen LogP contribution in [0.1, 0.15) is 23.4 Å². The van der Waals surface area contributed by atoms with Gasteiger partial charge >= 0.3 is 0 Å². The number of nitrogens with one attached hydrogen (secondary N) is 1. The van der Waals surface area contributed by atoms with Gasteiger partial charge in [-0.15, -0.1) is 0 Å². The number of rotatable bonds is 3. The molecule has 0 bridgehead atoms. The van der Waals surface area contributed by atoms with Gasteiger partial charge in [-0.05, 0) is 23.6 Å². The number of benzene rings is 1. The van der Waals surface area contributed by atoms with E-state index in [2.05, 4.69) is 20.9 Å². The van der Waals surface area contributed by atoms with Crippen LogP contribution in [0.15, 0.2) is 30.6 Å². The number of amides is 1. The smallest absolute Gasteiger partial charge is 0.224 e. The molecule has 2 aliphatic rings. The van der Waals surface area contributed by atoms with Crippen LogP contribution in [0.4, 0.5) is 0 Å². The lowest BCUT2D eigenvalue weighted by Crippen LogP contribution is -2.41. The highest BCUT2D eigenvalue weighted by Crippen LogP contribution is 2.26. The predicted molar refractivity (Wildman–Crippen MR) is 81.8 cm³/mol. The van der Waals surface area contributed by atoms with Crippen LogP contribution >= 0.6 is 0 Å². The molecule has 1 atom stereocenters. The first kappa shape index (κ1) is 13.4. The fourth-order valence-electron chi connectivity index (χ4n) is 3.30. The lowest BCUT2D eigenvalue weighted by molar-refractivity contribution is -0.121. The largest absolute Gasteiger partial charge is 0.493 e. The van der Waals surface area contributed by atoms with E-state index in [9.17, 15) is 4.79 Å². The zero-order chi connectivity index (χ0) is 14.9. The van der Waals surface area contributed by atoms with Gasteiger partial charge in [-0.25, -0.2) is 4.98 Å². The number of aromatic nitrogens is 2. The molecule has 0 saturated carbocycles. The summed E-state index contributed by atoms with van der Waals surface area (Å²) in [6.07, 6.45) is 7.06. The van der Waals surface area contributed by atoms with Crippen molar-refractivity contribution in [1.29, 1.82) is 0 Å². The maximum atomic E-state index is 12.3. The Kier molecular flexibility index (Phi) is 3.33. The third-order valence-electron chi connectivity index (χ3n) is 4.42. The van der Waals surface area contributed by atoms with E-state index in [0.717, 1.165) is 49.6 Å². The number of aryl methyl sites for hydroxylation is 1. The Morgan fingerprint density at radius 3 is 3.32 bits per heavy atom. The molecule has 0 saturated heterocycles. The molecule has 0 spiro atoms. The predicted octanol–water partition coefficient (Wildman–Crippen LogP) is 1.49. The molecule has 0 fully saturated rings. The number of hydrogen-bond acceptors (Lipinski definition) is 3. The normalized spacial score (nSPS) is 19.2. The molecule has 1 aromatic heterocycles. The van der Waals surface area contributed by atoms with Crippen molar-refractivity contribution in [3.63, 3.8) is 0 Å². The van der Waals surface area contributed by atoms with E-state index in [1.54, 1.807) is 0 Å². The van der Waals surface area contributed by atoms with Gasteiger partial charge in [-0.3, -0.25) is 4.79 Å². The van der Waals surface area contributed by atoms with Crippen LogP contribution in [0.5, 0.6) is 5.75 Å². The van der Waals surface area contributed by atoms with E-state index in [0.29, 0.717) is 6.42 Å². The molecule has 5 nitrogen and oxygen atoms in total. The van der Waals surface area contributed by atoms with Gasteiger partial charge in [-0.2, -0.15) is 0 Å². The fraction of sp³-hybridized carbons (Fsp3) is 0.412. The number of carbonyl (C=O) groups is 1. The third kappa shape index (κ3) is 2.58. The second-order valence-electron chi connectivity index (χ2n) is 6.02. The minimum Gasteiger partial charge on any atom is -0.493 e. The Hall–Kier alpha value is -2.30. The molecule has 5 heteroatoms. The summed E-state index contributed by atoms with van der Waals surface area (Å²) < 4.78 is 7.62. The Labute approximate surface area is 129 Å². The average molecular weight is 297 g/mol. The topological polar surface area (TPSA) is 56.1 Å². The third-order valence-corrected chi connectivity index (χ3v) is 4.42. The van der Waals surface area contributed by atoms with E-state index in [1.807, 2.05) is 24.5 Å². The summed E-state index contributed by atoms with van der Waals surface area (Å²) >= 11 is 0. The van der Waals surface area contributed by atoms with E-state index < -0.39 is 0 Å². The van der Waals surface area contributed by atoms with Gasteiger partial charge in [-0.1, -0.05) is 12.1 Å². The molecule has 114 valence electrons. The zero-order valence-electron chi connectivity index (χ0n) is 12.4. The molecule has 22 heavy (non-hydrogen) atoms. The maximum Gasteiger partial charge on any atom is 0.224 e. The van der Waals surface area contributed by atoms with Crippen molar-refractivity contribution in [2.45, 2.75) is 38.3 Å². The second-order valence-corrected chi connectivity index (χ2v) is 6.02. The molecule has 3 heterocycles. The van der Waals surface area contributed by atoms with Crippen molar-refractivity contribution < 1.29 is 9.53 Å². The van der Waals surface area contributed by atoms with Gasteiger partial charge in [0.1, 0.15) is 11.6 Å². The van der Waals surface area contributed by atoms with E-state index in [-0.39, 0.29) is 11.9 Å². The van der Waals surface area contributed by atoms with E-state index >= 15 is 0 Å². The summed E-state index contributed by atoms with van der Waals surface area (Å²) in [4.78, 5) is 16.6. The molecular formula is C17H19N3O2. The van der Waals surface area contributed by atoms with Crippen LogP contribution in [0, 0.1) is 0 Å². The summed E-state index contributed by atoms with van der Waals surface area (Å²) in [6, 6.07) is 6.26. The Balaban J connectivity index is 1.37. The van der Waals surface area contributed by atoms with Crippen LogP contribution < -0.4 is 10.1 Å². The molecule has 1 N–H and O–H groups in total. The first-order valence-corrected chi connectivity index (χ1v) is 7.82. The first-order chi connectivity index (χ1) is 10.8. The van der Waals surface area contributed by atoms with Crippen LogP contribution in [0.2, 0.25) is 0 Å². The number of fused-ring (bicyclic) bond motifs is 2. The van der Waals surface area contributed by atoms with Crippen molar-refractivity contribution in [1.82, 2.24) is 14.9 Å². The van der Waals surface area contributed by atoms with Crippen molar-refractivity contribution in [3.05, 3.63) is 47.5 Å². The Morgan fingerprint density at radius 2 is 2.36 bits per heavy atom. The van der Waals surface area contributed by atoms with Gasteiger partial charge < -0.3 is 14.6 Å². The lowest BCUT2D eigenvalue weighted by atomic mass is 10.0. The first-order valence-electron chi connectivity index (χ1n) is 7.82. The van der Waals surface area contributed by atoms with E-state index in [1.165, 1.54) is 5.56 Å². The molecule has 0 radical (unpaired) electrons. The zero-order valence-corrected chi connectivity index (χ0v) is 12.4. The Bertz CT molecular complexity index is 708. The van der Waals surface area contributed by atoms with Crippen molar-refractivity contribution >= 4 is 5.91 Å². The van der Waals surface area contributed by atoms with Gasteiger partial charge in [0, 0.05) is 37.8 Å². The van der Waals surface area contributed by atoms with Crippen molar-refractivity contribution in [2.75, 3.05) is 6.61 Å². The molecular weight excluding hydrogens is 278 g/mol. The molecule has 2 aliphatic heterocycles. The molecule has 4 rings (SSSR count). The molecule has 2 aromatic rings. The van der Waals surface area contributed by atoms with Crippen LogP contribution in [-0.2, 0) is 30.6 Å². The number of nitrogens with zero attached hydrogens (tertiary/aromatic N) is 2. The quantitative estimate of drug-likeness (QED) is 0.934. The SMILES string of the molecule is O=C(Cc1ccc2c(c1)CCO2)N[C@@H]1CCc2nccn2C1. The van der Waals surface area contributed by atoms with Crippen LogP contribution in [-0.4, -0.2) is 28.1 Å². The van der Waals surface area contributed by atoms with E-state index in [4.69, 9.17) is 4.74 Å². The van der Waals surface area contributed by atoms with Gasteiger partial charge in [0.05, 0.1) is 13.0 Å². The average Bonchev–Trinajstić information content (AvgIpc) is 3.14. The minimum atomic E-state index is 0.0902. The van der Waals surface area contributed by atoms with Crippen molar-refractivity contribution in [3.8, 4) is 5.75 Å². The molecule has 0 aliphatic carbocycles. The summed E-state index contributed by atoms with van der Waals surface area (Å²) in [7, 11) is 0. The summed E-state index contributed by atoms with van der Waals surface area (Å²) in [5.74, 6) is 2.17. The van der Waals surface area contributed by atoms with Crippen molar-refractivity contribution in [2.24, 2.45) is 0 Å². The number of hydrogen-bond donors (Lipinski definition) is 1. The number of ether oxygens (including phenoxy) is 1. The standard InChI is InChI=1S/C17H19N3O2/c21-17(10-12-1-3-15-13(9-12)5-8-22-15)19-14-2-4-16-18-6-7-20(16)11-14/h1,3,6-7,9,14H,2,4-5,8,10-11H2,(H,19,21)/t14-/m1/s1. The summed E-state index contributed by atoms with van der Waals surface area (Å²) in [6.45, 7) is 1.57. The Morgan fingerprint density at radius 1 is 1.41 bits per heavy atom. The molecule has 1 amide bonds. The molecule has 0 unspecified atom stereocenters. The highest BCUT2D eigenvalue weighted by Gasteiger charge is 2.20. The fourth-order valence-corrected chi connectivity index (χ4v) is 3.30. The highest BCUT2D eigenvalue weighted by molar-refractivity contribution is 5.79. The summed E-state index contributed by atoms with van der Waals surface area (Å²) in [5.41, 5.74) is 2.27. The lowest BCUT2D eigenvalue weighted by Gasteiger charge is -2.24. The number of carbonyl (C=O) groups excluding carboxylic acids is 1. The second kappa shape index (κ2) is 5.48. The highest BCUT2D eigenvalue weighted by atomic mass is 16.5. The van der Waals surface area contributed by atoms with Crippen LogP contribution in [0.3, 0.4) is 0 Å². The van der Waals surface area contributed by atoms with Gasteiger partial charge in [0.2, 0.25) is 5.91 Å².